The first-order valence-electron chi connectivity index (χ1n) is 6.28. The molecule has 0 unspecified atom stereocenters. The van der Waals surface area contributed by atoms with Crippen LogP contribution in [0, 0.1) is 0 Å². The monoisotopic (exact) mass is 275 g/mol. The summed E-state index contributed by atoms with van der Waals surface area (Å²) in [6.45, 7) is 2.08. The van der Waals surface area contributed by atoms with E-state index in [4.69, 9.17) is 4.74 Å². The number of anilines is 1. The summed E-state index contributed by atoms with van der Waals surface area (Å²) < 4.78 is 7.27. The Hall–Kier alpha value is -2.34. The van der Waals surface area contributed by atoms with E-state index >= 15 is 0 Å². The first-order chi connectivity index (χ1) is 9.63. The minimum absolute atomic E-state index is 0.116. The molecule has 0 radical (unpaired) electrons. The molecule has 0 aliphatic rings. The molecule has 0 aliphatic carbocycles. The van der Waals surface area contributed by atoms with Gasteiger partial charge in [0.1, 0.15) is 18.5 Å². The van der Waals surface area contributed by atoms with Gasteiger partial charge in [0.15, 0.2) is 0 Å². The molecule has 0 aliphatic heterocycles. The molecule has 0 fully saturated rings. The predicted octanol–water partition coefficient (Wildman–Crippen LogP) is 1.28. The quantitative estimate of drug-likeness (QED) is 0.832. The fourth-order valence-electron chi connectivity index (χ4n) is 1.72. The molecular weight excluding hydrogens is 258 g/mol. The normalized spacial score (nSPS) is 11.9. The van der Waals surface area contributed by atoms with Crippen molar-refractivity contribution in [3.05, 3.63) is 43.0 Å². The van der Waals surface area contributed by atoms with Gasteiger partial charge in [-0.25, -0.2) is 4.98 Å². The topological polar surface area (TPSA) is 76.4 Å². The number of benzene rings is 1. The molecule has 0 bridgehead atoms. The van der Waals surface area contributed by atoms with E-state index in [1.165, 1.54) is 6.92 Å². The fourth-order valence-corrected chi connectivity index (χ4v) is 1.72. The number of amides is 1. The number of aliphatic hydroxyl groups is 1. The second-order valence-electron chi connectivity index (χ2n) is 4.43. The van der Waals surface area contributed by atoms with Gasteiger partial charge in [-0.15, -0.1) is 0 Å². The summed E-state index contributed by atoms with van der Waals surface area (Å²) in [5, 5.41) is 12.5. The summed E-state index contributed by atoms with van der Waals surface area (Å²) in [4.78, 5) is 14.8. The van der Waals surface area contributed by atoms with Crippen molar-refractivity contribution in [2.75, 3.05) is 11.9 Å². The van der Waals surface area contributed by atoms with E-state index in [-0.39, 0.29) is 12.5 Å². The first-order valence-corrected chi connectivity index (χ1v) is 6.28. The Labute approximate surface area is 117 Å². The fraction of sp³-hybridized carbons (Fsp3) is 0.286. The molecule has 6 heteroatoms. The van der Waals surface area contributed by atoms with E-state index in [2.05, 4.69) is 10.3 Å². The number of carbonyl (C=O) groups excluding carboxylic acids is 1. The highest BCUT2D eigenvalue weighted by molar-refractivity contribution is 5.88. The Morgan fingerprint density at radius 1 is 1.45 bits per heavy atom. The molecule has 20 heavy (non-hydrogen) atoms. The van der Waals surface area contributed by atoms with Crippen molar-refractivity contribution in [1.29, 1.82) is 0 Å². The van der Waals surface area contributed by atoms with E-state index < -0.39 is 6.10 Å². The van der Waals surface area contributed by atoms with Gasteiger partial charge in [-0.3, -0.25) is 4.79 Å². The van der Waals surface area contributed by atoms with Crippen molar-refractivity contribution in [3.8, 4) is 5.75 Å². The average molecular weight is 275 g/mol. The Balaban J connectivity index is 1.80. The highest BCUT2D eigenvalue weighted by Gasteiger charge is 2.06. The lowest BCUT2D eigenvalue weighted by Crippen LogP contribution is -2.22. The lowest BCUT2D eigenvalue weighted by atomic mass is 10.3. The van der Waals surface area contributed by atoms with E-state index in [0.29, 0.717) is 18.0 Å². The van der Waals surface area contributed by atoms with Gasteiger partial charge in [0.2, 0.25) is 5.91 Å². The minimum Gasteiger partial charge on any atom is -0.491 e. The van der Waals surface area contributed by atoms with E-state index in [0.717, 1.165) is 0 Å². The standard InChI is InChI=1S/C14H17N3O3/c1-11(18)16-12-2-4-14(5-3-12)20-9-13(19)8-17-7-6-15-10-17/h2-7,10,13,19H,8-9H2,1H3,(H,16,18)/t13-/m1/s1. The zero-order chi connectivity index (χ0) is 14.4. The molecule has 0 saturated heterocycles. The minimum atomic E-state index is -0.612. The summed E-state index contributed by atoms with van der Waals surface area (Å²) in [6.07, 6.45) is 4.48. The van der Waals surface area contributed by atoms with Crippen molar-refractivity contribution in [2.45, 2.75) is 19.6 Å². The zero-order valence-electron chi connectivity index (χ0n) is 11.2. The van der Waals surface area contributed by atoms with Crippen LogP contribution in [0.4, 0.5) is 5.69 Å². The van der Waals surface area contributed by atoms with E-state index in [1.54, 1.807) is 47.6 Å². The summed E-state index contributed by atoms with van der Waals surface area (Å²) in [5.41, 5.74) is 0.712. The highest BCUT2D eigenvalue weighted by Crippen LogP contribution is 2.15. The lowest BCUT2D eigenvalue weighted by molar-refractivity contribution is -0.114. The maximum atomic E-state index is 10.9. The van der Waals surface area contributed by atoms with Gasteiger partial charge in [0.05, 0.1) is 12.9 Å². The van der Waals surface area contributed by atoms with Crippen LogP contribution in [0.3, 0.4) is 0 Å². The van der Waals surface area contributed by atoms with Gasteiger partial charge < -0.3 is 19.7 Å². The molecule has 1 aromatic carbocycles. The third-order valence-corrected chi connectivity index (χ3v) is 2.60. The smallest absolute Gasteiger partial charge is 0.221 e. The average Bonchev–Trinajstić information content (AvgIpc) is 2.90. The van der Waals surface area contributed by atoms with Gasteiger partial charge in [-0.1, -0.05) is 0 Å². The van der Waals surface area contributed by atoms with Crippen molar-refractivity contribution < 1.29 is 14.6 Å². The second-order valence-corrected chi connectivity index (χ2v) is 4.43. The summed E-state index contributed by atoms with van der Waals surface area (Å²) in [6, 6.07) is 6.99. The molecule has 2 aromatic rings. The van der Waals surface area contributed by atoms with Gasteiger partial charge in [0.25, 0.3) is 0 Å². The third kappa shape index (κ3) is 4.40. The Bertz CT molecular complexity index is 537. The van der Waals surface area contributed by atoms with Crippen LogP contribution in [0.2, 0.25) is 0 Å². The molecule has 1 atom stereocenters. The summed E-state index contributed by atoms with van der Waals surface area (Å²) >= 11 is 0. The Morgan fingerprint density at radius 2 is 2.20 bits per heavy atom. The van der Waals surface area contributed by atoms with Crippen LogP contribution in [0.25, 0.3) is 0 Å². The SMILES string of the molecule is CC(=O)Nc1ccc(OC[C@H](O)Cn2ccnc2)cc1. The molecular formula is C14H17N3O3. The van der Waals surface area contributed by atoms with Crippen LogP contribution in [0.1, 0.15) is 6.92 Å². The zero-order valence-corrected chi connectivity index (χ0v) is 11.2. The van der Waals surface area contributed by atoms with Gasteiger partial charge in [-0.2, -0.15) is 0 Å². The number of hydrogen-bond acceptors (Lipinski definition) is 4. The van der Waals surface area contributed by atoms with E-state index in [1.807, 2.05) is 0 Å². The van der Waals surface area contributed by atoms with Crippen LogP contribution in [0.5, 0.6) is 5.75 Å². The Kier molecular flexibility index (Phi) is 4.73. The number of nitrogens with zero attached hydrogens (tertiary/aromatic N) is 2. The maximum Gasteiger partial charge on any atom is 0.221 e. The molecule has 1 aromatic heterocycles. The molecule has 1 heterocycles. The number of rotatable bonds is 6. The largest absolute Gasteiger partial charge is 0.491 e. The second kappa shape index (κ2) is 6.72. The number of carbonyl (C=O) groups is 1. The summed E-state index contributed by atoms with van der Waals surface area (Å²) in [7, 11) is 0. The lowest BCUT2D eigenvalue weighted by Gasteiger charge is -2.13. The van der Waals surface area contributed by atoms with Gasteiger partial charge in [-0.05, 0) is 24.3 Å². The van der Waals surface area contributed by atoms with E-state index in [9.17, 15) is 9.90 Å². The number of aliphatic hydroxyl groups excluding tert-OH is 1. The van der Waals surface area contributed by atoms with Crippen LogP contribution in [0.15, 0.2) is 43.0 Å². The van der Waals surface area contributed by atoms with Crippen LogP contribution in [-0.2, 0) is 11.3 Å². The molecule has 106 valence electrons. The number of ether oxygens (including phenoxy) is 1. The number of aromatic nitrogens is 2. The number of hydrogen-bond donors (Lipinski definition) is 2. The predicted molar refractivity (Wildman–Crippen MR) is 74.5 cm³/mol. The molecule has 1 amide bonds. The number of imidazole rings is 1. The van der Waals surface area contributed by atoms with Crippen molar-refractivity contribution in [3.63, 3.8) is 0 Å². The van der Waals surface area contributed by atoms with Crippen molar-refractivity contribution >= 4 is 11.6 Å². The van der Waals surface area contributed by atoms with Crippen LogP contribution >= 0.6 is 0 Å². The van der Waals surface area contributed by atoms with Gasteiger partial charge in [0, 0.05) is 25.0 Å². The molecule has 0 spiro atoms. The summed E-state index contributed by atoms with van der Waals surface area (Å²) in [5.74, 6) is 0.526. The number of nitrogens with one attached hydrogen (secondary N) is 1. The van der Waals surface area contributed by atoms with Crippen molar-refractivity contribution in [2.24, 2.45) is 0 Å². The molecule has 0 saturated carbocycles. The van der Waals surface area contributed by atoms with Crippen molar-refractivity contribution in [1.82, 2.24) is 9.55 Å². The Morgan fingerprint density at radius 3 is 2.80 bits per heavy atom. The van der Waals surface area contributed by atoms with Crippen LogP contribution in [-0.4, -0.2) is 33.3 Å². The molecule has 2 rings (SSSR count). The first kappa shape index (κ1) is 14.1. The van der Waals surface area contributed by atoms with Gasteiger partial charge >= 0.3 is 0 Å². The molecule has 2 N–H and O–H groups in total. The third-order valence-electron chi connectivity index (χ3n) is 2.60. The molecule has 6 nitrogen and oxygen atoms in total. The maximum absolute atomic E-state index is 10.9. The van der Waals surface area contributed by atoms with Crippen LogP contribution < -0.4 is 10.1 Å². The highest BCUT2D eigenvalue weighted by atomic mass is 16.5.